The first-order valence-corrected chi connectivity index (χ1v) is 6.57. The highest BCUT2D eigenvalue weighted by Crippen LogP contribution is 2.17. The minimum atomic E-state index is 0.315. The summed E-state index contributed by atoms with van der Waals surface area (Å²) in [5.41, 5.74) is 1.23. The predicted octanol–water partition coefficient (Wildman–Crippen LogP) is 2.05. The van der Waals surface area contributed by atoms with Gasteiger partial charge in [-0.3, -0.25) is 0 Å². The first-order chi connectivity index (χ1) is 8.70. The van der Waals surface area contributed by atoms with Gasteiger partial charge >= 0.3 is 0 Å². The lowest BCUT2D eigenvalue weighted by Gasteiger charge is -2.27. The zero-order chi connectivity index (χ0) is 13.4. The van der Waals surface area contributed by atoms with E-state index in [0.717, 1.165) is 25.3 Å². The molecule has 1 unspecified atom stereocenters. The predicted molar refractivity (Wildman–Crippen MR) is 76.0 cm³/mol. The molecule has 0 bridgehead atoms. The third-order valence-electron chi connectivity index (χ3n) is 3.01. The van der Waals surface area contributed by atoms with Gasteiger partial charge in [-0.05, 0) is 26.0 Å². The molecule has 1 aromatic heterocycles. The molecule has 0 aliphatic carbocycles. The van der Waals surface area contributed by atoms with Crippen molar-refractivity contribution in [2.75, 3.05) is 32.2 Å². The summed E-state index contributed by atoms with van der Waals surface area (Å²) in [5.74, 6) is 1.03. The number of hydrogen-bond donors (Lipinski definition) is 1. The van der Waals surface area contributed by atoms with Gasteiger partial charge < -0.3 is 15.0 Å². The van der Waals surface area contributed by atoms with E-state index in [1.807, 2.05) is 12.3 Å². The standard InChI is InChI=1S/C14H25N3O/c1-5-8-15-10-13-7-6-9-16-14(13)17(3)12(2)11-18-4/h6-7,9,12,15H,5,8,10-11H2,1-4H3. The topological polar surface area (TPSA) is 37.4 Å². The van der Waals surface area contributed by atoms with Gasteiger partial charge in [0.2, 0.25) is 0 Å². The summed E-state index contributed by atoms with van der Waals surface area (Å²) in [5, 5.41) is 3.42. The molecule has 1 N–H and O–H groups in total. The Balaban J connectivity index is 2.73. The maximum atomic E-state index is 5.20. The van der Waals surface area contributed by atoms with E-state index in [0.29, 0.717) is 12.6 Å². The van der Waals surface area contributed by atoms with Gasteiger partial charge in [0.25, 0.3) is 0 Å². The molecule has 0 saturated carbocycles. The Morgan fingerprint density at radius 2 is 2.28 bits per heavy atom. The summed E-state index contributed by atoms with van der Waals surface area (Å²) in [4.78, 5) is 6.66. The van der Waals surface area contributed by atoms with Crippen LogP contribution >= 0.6 is 0 Å². The van der Waals surface area contributed by atoms with Crippen LogP contribution in [0.25, 0.3) is 0 Å². The average Bonchev–Trinajstić information content (AvgIpc) is 2.39. The van der Waals surface area contributed by atoms with E-state index in [1.165, 1.54) is 5.56 Å². The number of aromatic nitrogens is 1. The van der Waals surface area contributed by atoms with Crippen LogP contribution in [0.1, 0.15) is 25.8 Å². The van der Waals surface area contributed by atoms with Crippen molar-refractivity contribution in [3.05, 3.63) is 23.9 Å². The van der Waals surface area contributed by atoms with Crippen molar-refractivity contribution in [1.82, 2.24) is 10.3 Å². The molecule has 1 aromatic rings. The maximum absolute atomic E-state index is 5.20. The number of likely N-dealkylation sites (N-methyl/N-ethyl adjacent to an activating group) is 1. The summed E-state index contributed by atoms with van der Waals surface area (Å²) in [6.45, 7) is 6.91. The second-order valence-corrected chi connectivity index (χ2v) is 4.58. The number of nitrogens with zero attached hydrogens (tertiary/aromatic N) is 2. The molecule has 4 nitrogen and oxygen atoms in total. The second kappa shape index (κ2) is 8.06. The van der Waals surface area contributed by atoms with E-state index < -0.39 is 0 Å². The average molecular weight is 251 g/mol. The number of nitrogens with one attached hydrogen (secondary N) is 1. The summed E-state index contributed by atoms with van der Waals surface area (Å²) in [6.07, 6.45) is 2.99. The fourth-order valence-corrected chi connectivity index (χ4v) is 1.85. The van der Waals surface area contributed by atoms with E-state index in [9.17, 15) is 0 Å². The zero-order valence-corrected chi connectivity index (χ0v) is 11.9. The molecule has 0 saturated heterocycles. The van der Waals surface area contributed by atoms with Crippen molar-refractivity contribution < 1.29 is 4.74 Å². The molecule has 0 spiro atoms. The lowest BCUT2D eigenvalue weighted by atomic mass is 10.2. The molecule has 0 amide bonds. The van der Waals surface area contributed by atoms with Gasteiger partial charge in [0.15, 0.2) is 0 Å². The fraction of sp³-hybridized carbons (Fsp3) is 0.643. The van der Waals surface area contributed by atoms with E-state index in [4.69, 9.17) is 4.74 Å². The number of ether oxygens (including phenoxy) is 1. The Kier molecular flexibility index (Phi) is 6.68. The molecule has 0 aliphatic heterocycles. The molecule has 4 heteroatoms. The minimum absolute atomic E-state index is 0.315. The summed E-state index contributed by atoms with van der Waals surface area (Å²) < 4.78 is 5.20. The second-order valence-electron chi connectivity index (χ2n) is 4.58. The molecule has 0 radical (unpaired) electrons. The van der Waals surface area contributed by atoms with Crippen molar-refractivity contribution in [3.8, 4) is 0 Å². The Morgan fingerprint density at radius 3 is 2.94 bits per heavy atom. The summed E-state index contributed by atoms with van der Waals surface area (Å²) >= 11 is 0. The maximum Gasteiger partial charge on any atom is 0.133 e. The number of rotatable bonds is 8. The number of methoxy groups -OCH3 is 1. The molecular formula is C14H25N3O. The number of hydrogen-bond acceptors (Lipinski definition) is 4. The van der Waals surface area contributed by atoms with Crippen molar-refractivity contribution in [2.45, 2.75) is 32.9 Å². The monoisotopic (exact) mass is 251 g/mol. The SMILES string of the molecule is CCCNCc1cccnc1N(C)C(C)COC. The molecule has 18 heavy (non-hydrogen) atoms. The Hall–Kier alpha value is -1.13. The highest BCUT2D eigenvalue weighted by atomic mass is 16.5. The van der Waals surface area contributed by atoms with E-state index in [2.05, 4.69) is 42.2 Å². The van der Waals surface area contributed by atoms with E-state index in [-0.39, 0.29) is 0 Å². The minimum Gasteiger partial charge on any atom is -0.383 e. The zero-order valence-electron chi connectivity index (χ0n) is 11.9. The Labute approximate surface area is 110 Å². The van der Waals surface area contributed by atoms with Gasteiger partial charge in [-0.1, -0.05) is 13.0 Å². The summed E-state index contributed by atoms with van der Waals surface area (Å²) in [6, 6.07) is 4.43. The molecule has 0 aliphatic rings. The van der Waals surface area contributed by atoms with Crippen molar-refractivity contribution in [3.63, 3.8) is 0 Å². The fourth-order valence-electron chi connectivity index (χ4n) is 1.85. The Bertz CT molecular complexity index is 344. The lowest BCUT2D eigenvalue weighted by Crippen LogP contribution is -2.34. The van der Waals surface area contributed by atoms with Crippen molar-refractivity contribution >= 4 is 5.82 Å². The van der Waals surface area contributed by atoms with Gasteiger partial charge in [-0.25, -0.2) is 4.98 Å². The quantitative estimate of drug-likeness (QED) is 0.718. The van der Waals surface area contributed by atoms with Crippen molar-refractivity contribution in [1.29, 1.82) is 0 Å². The smallest absolute Gasteiger partial charge is 0.133 e. The molecule has 102 valence electrons. The van der Waals surface area contributed by atoms with Gasteiger partial charge in [-0.15, -0.1) is 0 Å². The molecule has 1 rings (SSSR count). The third kappa shape index (κ3) is 4.27. The number of anilines is 1. The largest absolute Gasteiger partial charge is 0.383 e. The number of pyridine rings is 1. The van der Waals surface area contributed by atoms with Gasteiger partial charge in [0, 0.05) is 32.5 Å². The van der Waals surface area contributed by atoms with Crippen LogP contribution in [0.4, 0.5) is 5.82 Å². The lowest BCUT2D eigenvalue weighted by molar-refractivity contribution is 0.183. The Morgan fingerprint density at radius 1 is 1.50 bits per heavy atom. The first kappa shape index (κ1) is 14.9. The van der Waals surface area contributed by atoms with Crippen LogP contribution < -0.4 is 10.2 Å². The molecule has 1 heterocycles. The van der Waals surface area contributed by atoms with Gasteiger partial charge in [0.1, 0.15) is 5.82 Å². The van der Waals surface area contributed by atoms with Gasteiger partial charge in [0.05, 0.1) is 12.6 Å². The third-order valence-corrected chi connectivity index (χ3v) is 3.01. The van der Waals surface area contributed by atoms with Crippen LogP contribution in [0.5, 0.6) is 0 Å². The van der Waals surface area contributed by atoms with Crippen LogP contribution in [0.15, 0.2) is 18.3 Å². The van der Waals surface area contributed by atoms with Crippen LogP contribution in [0.3, 0.4) is 0 Å². The first-order valence-electron chi connectivity index (χ1n) is 6.57. The van der Waals surface area contributed by atoms with Gasteiger partial charge in [-0.2, -0.15) is 0 Å². The van der Waals surface area contributed by atoms with Crippen molar-refractivity contribution in [2.24, 2.45) is 0 Å². The van der Waals surface area contributed by atoms with E-state index >= 15 is 0 Å². The molecule has 1 atom stereocenters. The molecular weight excluding hydrogens is 226 g/mol. The normalized spacial score (nSPS) is 12.4. The highest BCUT2D eigenvalue weighted by Gasteiger charge is 2.14. The summed E-state index contributed by atoms with van der Waals surface area (Å²) in [7, 11) is 3.79. The van der Waals surface area contributed by atoms with Crippen LogP contribution in [-0.4, -0.2) is 38.3 Å². The van der Waals surface area contributed by atoms with E-state index in [1.54, 1.807) is 7.11 Å². The van der Waals surface area contributed by atoms with Crippen LogP contribution in [0, 0.1) is 0 Å². The van der Waals surface area contributed by atoms with Crippen LogP contribution in [0.2, 0.25) is 0 Å². The van der Waals surface area contributed by atoms with Crippen LogP contribution in [-0.2, 0) is 11.3 Å². The molecule has 0 fully saturated rings. The molecule has 0 aromatic carbocycles. The highest BCUT2D eigenvalue weighted by molar-refractivity contribution is 5.46.